The zero-order chi connectivity index (χ0) is 12.6. The van der Waals surface area contributed by atoms with E-state index < -0.39 is 17.1 Å². The highest BCUT2D eigenvalue weighted by Crippen LogP contribution is 2.09. The molecule has 0 saturated heterocycles. The molecule has 0 spiro atoms. The second-order valence-electron chi connectivity index (χ2n) is 3.53. The van der Waals surface area contributed by atoms with Crippen LogP contribution in [-0.4, -0.2) is 24.8 Å². The number of hydrogen-bond acceptors (Lipinski definition) is 6. The molecule has 0 amide bonds. The van der Waals surface area contributed by atoms with E-state index in [-0.39, 0.29) is 18.0 Å². The van der Waals surface area contributed by atoms with E-state index >= 15 is 0 Å². The van der Waals surface area contributed by atoms with Crippen LogP contribution >= 0.6 is 0 Å². The Morgan fingerprint density at radius 3 is 2.71 bits per heavy atom. The highest BCUT2D eigenvalue weighted by atomic mass is 16.5. The normalized spacial score (nSPS) is 10.7. The first-order valence-corrected chi connectivity index (χ1v) is 4.81. The maximum atomic E-state index is 11.5. The number of hydrogen-bond donors (Lipinski definition) is 2. The summed E-state index contributed by atoms with van der Waals surface area (Å²) in [6.07, 6.45) is 0. The number of rotatable bonds is 2. The van der Waals surface area contributed by atoms with Crippen molar-refractivity contribution in [3.63, 3.8) is 0 Å². The second kappa shape index (κ2) is 3.89. The summed E-state index contributed by atoms with van der Waals surface area (Å²) in [6.45, 7) is 2.94. The summed E-state index contributed by atoms with van der Waals surface area (Å²) in [6, 6.07) is 0. The van der Waals surface area contributed by atoms with Crippen molar-refractivity contribution >= 4 is 0 Å². The molecule has 0 radical (unpaired) electrons. The van der Waals surface area contributed by atoms with Gasteiger partial charge in [0.1, 0.15) is 6.54 Å². The first kappa shape index (κ1) is 11.1. The first-order valence-electron chi connectivity index (χ1n) is 4.81. The quantitative estimate of drug-likeness (QED) is 0.714. The lowest BCUT2D eigenvalue weighted by Crippen LogP contribution is -2.31. The Bertz CT molecular complexity index is 666. The molecule has 0 aromatic carbocycles. The Morgan fingerprint density at radius 1 is 1.41 bits per heavy atom. The predicted octanol–water partition coefficient (Wildman–Crippen LogP) is -0.710. The van der Waals surface area contributed by atoms with Crippen LogP contribution in [0.1, 0.15) is 17.3 Å². The van der Waals surface area contributed by atoms with Gasteiger partial charge in [0.2, 0.25) is 11.8 Å². The highest BCUT2D eigenvalue weighted by molar-refractivity contribution is 5.20. The molecule has 0 aliphatic carbocycles. The molecule has 17 heavy (non-hydrogen) atoms. The molecule has 2 rings (SSSR count). The van der Waals surface area contributed by atoms with Crippen LogP contribution in [0.5, 0.6) is 5.88 Å². The fourth-order valence-electron chi connectivity index (χ4n) is 1.34. The van der Waals surface area contributed by atoms with E-state index in [9.17, 15) is 14.7 Å². The second-order valence-corrected chi connectivity index (χ2v) is 3.53. The van der Waals surface area contributed by atoms with Gasteiger partial charge in [-0.2, -0.15) is 4.98 Å². The molecule has 2 aromatic rings. The van der Waals surface area contributed by atoms with Crippen molar-refractivity contribution in [3.8, 4) is 5.88 Å². The molecule has 0 aliphatic rings. The van der Waals surface area contributed by atoms with E-state index in [2.05, 4.69) is 15.1 Å². The van der Waals surface area contributed by atoms with Crippen LogP contribution in [0.25, 0.3) is 0 Å². The molecule has 2 heterocycles. The Balaban J connectivity index is 2.50. The van der Waals surface area contributed by atoms with E-state index in [0.717, 1.165) is 4.57 Å². The van der Waals surface area contributed by atoms with Crippen molar-refractivity contribution in [2.75, 3.05) is 0 Å². The van der Waals surface area contributed by atoms with Gasteiger partial charge in [0.15, 0.2) is 5.82 Å². The summed E-state index contributed by atoms with van der Waals surface area (Å²) in [5.41, 5.74) is -1.29. The molecule has 8 heteroatoms. The zero-order valence-corrected chi connectivity index (χ0v) is 9.22. The molecule has 0 bridgehead atoms. The fourth-order valence-corrected chi connectivity index (χ4v) is 1.34. The molecule has 0 atom stereocenters. The van der Waals surface area contributed by atoms with Crippen LogP contribution in [0.4, 0.5) is 0 Å². The van der Waals surface area contributed by atoms with Crippen molar-refractivity contribution in [1.82, 2.24) is 19.7 Å². The number of aromatic amines is 1. The number of nitrogens with zero attached hydrogens (tertiary/aromatic N) is 3. The number of nitrogens with one attached hydrogen (secondary N) is 1. The Morgan fingerprint density at radius 2 is 2.12 bits per heavy atom. The fraction of sp³-hybridized carbons (Fsp3) is 0.333. The smallest absolute Gasteiger partial charge is 0.331 e. The van der Waals surface area contributed by atoms with Gasteiger partial charge in [0.05, 0.1) is 5.56 Å². The van der Waals surface area contributed by atoms with Crippen LogP contribution in [0.3, 0.4) is 0 Å². The maximum Gasteiger partial charge on any atom is 0.331 e. The SMILES string of the molecule is Cc1noc(Cn2c(O)c(C)c(=O)[nH]c2=O)n1. The zero-order valence-electron chi connectivity index (χ0n) is 9.22. The van der Waals surface area contributed by atoms with Crippen LogP contribution in [0.2, 0.25) is 0 Å². The molecule has 90 valence electrons. The van der Waals surface area contributed by atoms with Gasteiger partial charge in [0.25, 0.3) is 5.56 Å². The monoisotopic (exact) mass is 238 g/mol. The molecular formula is C9H10N4O4. The third-order valence-electron chi connectivity index (χ3n) is 2.26. The lowest BCUT2D eigenvalue weighted by atomic mass is 10.3. The highest BCUT2D eigenvalue weighted by Gasteiger charge is 2.13. The standard InChI is InChI=1S/C9H10N4O4/c1-4-7(14)11-9(16)13(8(4)15)3-6-10-5(2)12-17-6/h15H,3H2,1-2H3,(H,11,14,16). The van der Waals surface area contributed by atoms with Crippen LogP contribution in [0.15, 0.2) is 14.1 Å². The Hall–Kier alpha value is -2.38. The van der Waals surface area contributed by atoms with E-state index in [1.54, 1.807) is 6.92 Å². The van der Waals surface area contributed by atoms with Crippen molar-refractivity contribution in [2.45, 2.75) is 20.4 Å². The largest absolute Gasteiger partial charge is 0.494 e. The van der Waals surface area contributed by atoms with Crippen molar-refractivity contribution in [1.29, 1.82) is 0 Å². The third kappa shape index (κ3) is 1.96. The molecule has 0 fully saturated rings. The molecule has 8 nitrogen and oxygen atoms in total. The van der Waals surface area contributed by atoms with E-state index in [1.165, 1.54) is 6.92 Å². The lowest BCUT2D eigenvalue weighted by Gasteiger charge is -2.06. The average molecular weight is 238 g/mol. The molecule has 0 saturated carbocycles. The lowest BCUT2D eigenvalue weighted by molar-refractivity contribution is 0.346. The third-order valence-corrected chi connectivity index (χ3v) is 2.26. The minimum absolute atomic E-state index is 0.0563. The summed E-state index contributed by atoms with van der Waals surface area (Å²) in [4.78, 5) is 28.6. The van der Waals surface area contributed by atoms with Crippen LogP contribution in [-0.2, 0) is 6.54 Å². The van der Waals surface area contributed by atoms with Crippen LogP contribution in [0, 0.1) is 13.8 Å². The van der Waals surface area contributed by atoms with Gasteiger partial charge in [-0.05, 0) is 13.8 Å². The summed E-state index contributed by atoms with van der Waals surface area (Å²) in [5.74, 6) is 0.189. The van der Waals surface area contributed by atoms with Crippen LogP contribution < -0.4 is 11.2 Å². The maximum absolute atomic E-state index is 11.5. The Labute approximate surface area is 94.5 Å². The van der Waals surface area contributed by atoms with Gasteiger partial charge in [-0.3, -0.25) is 14.3 Å². The molecule has 2 N–H and O–H groups in total. The van der Waals surface area contributed by atoms with E-state index in [0.29, 0.717) is 5.82 Å². The van der Waals surface area contributed by atoms with Crippen molar-refractivity contribution in [2.24, 2.45) is 0 Å². The Kier molecular flexibility index (Phi) is 2.54. The summed E-state index contributed by atoms with van der Waals surface area (Å²) >= 11 is 0. The first-order chi connectivity index (χ1) is 7.99. The van der Waals surface area contributed by atoms with Crippen molar-refractivity contribution < 1.29 is 9.63 Å². The van der Waals surface area contributed by atoms with Gasteiger partial charge in [-0.25, -0.2) is 4.79 Å². The summed E-state index contributed by atoms with van der Waals surface area (Å²) < 4.78 is 5.77. The number of aromatic hydroxyl groups is 1. The summed E-state index contributed by atoms with van der Waals surface area (Å²) in [7, 11) is 0. The van der Waals surface area contributed by atoms with Gasteiger partial charge in [-0.15, -0.1) is 0 Å². The van der Waals surface area contributed by atoms with Gasteiger partial charge in [0, 0.05) is 0 Å². The average Bonchev–Trinajstić information content (AvgIpc) is 2.67. The number of aryl methyl sites for hydroxylation is 1. The van der Waals surface area contributed by atoms with Gasteiger partial charge < -0.3 is 9.63 Å². The van der Waals surface area contributed by atoms with E-state index in [1.807, 2.05) is 0 Å². The minimum atomic E-state index is -0.728. The number of aromatic nitrogens is 4. The van der Waals surface area contributed by atoms with E-state index in [4.69, 9.17) is 4.52 Å². The molecular weight excluding hydrogens is 228 g/mol. The molecule has 2 aromatic heterocycles. The topological polar surface area (TPSA) is 114 Å². The minimum Gasteiger partial charge on any atom is -0.494 e. The van der Waals surface area contributed by atoms with Crippen molar-refractivity contribution in [3.05, 3.63) is 38.1 Å². The molecule has 0 aliphatic heterocycles. The summed E-state index contributed by atoms with van der Waals surface area (Å²) in [5, 5.41) is 13.2. The van der Waals surface area contributed by atoms with Gasteiger partial charge >= 0.3 is 5.69 Å². The van der Waals surface area contributed by atoms with Gasteiger partial charge in [-0.1, -0.05) is 5.16 Å². The predicted molar refractivity (Wildman–Crippen MR) is 55.9 cm³/mol. The number of H-pyrrole nitrogens is 1. The molecule has 0 unspecified atom stereocenters.